The molecule has 0 aromatic carbocycles. The molecule has 1 aromatic rings. The number of hydrogen-bond donors (Lipinski definition) is 1. The predicted octanol–water partition coefficient (Wildman–Crippen LogP) is 1.84. The van der Waals surface area contributed by atoms with Crippen molar-refractivity contribution < 1.29 is 4.74 Å². The van der Waals surface area contributed by atoms with Gasteiger partial charge in [0.2, 0.25) is 0 Å². The molecule has 1 atom stereocenters. The van der Waals surface area contributed by atoms with Gasteiger partial charge in [-0.15, -0.1) is 0 Å². The Hall–Kier alpha value is -1.54. The van der Waals surface area contributed by atoms with Crippen molar-refractivity contribution in [2.45, 2.75) is 38.7 Å². The fourth-order valence-corrected chi connectivity index (χ4v) is 2.33. The molecule has 98 valence electrons. The van der Waals surface area contributed by atoms with Crippen molar-refractivity contribution in [3.63, 3.8) is 0 Å². The highest BCUT2D eigenvalue weighted by atomic mass is 16.5. The molecule has 0 saturated carbocycles. The predicted molar refractivity (Wildman–Crippen MR) is 69.4 cm³/mol. The minimum atomic E-state index is 0.255. The van der Waals surface area contributed by atoms with Crippen LogP contribution in [-0.4, -0.2) is 29.0 Å². The van der Waals surface area contributed by atoms with Gasteiger partial charge in [0.05, 0.1) is 11.8 Å². The topological polar surface area (TPSA) is 62.9 Å². The molecule has 1 aliphatic rings. The van der Waals surface area contributed by atoms with Crippen LogP contribution in [0.1, 0.15) is 37.4 Å². The van der Waals surface area contributed by atoms with Crippen LogP contribution in [0, 0.1) is 11.3 Å². The number of aromatic nitrogens is 2. The van der Waals surface area contributed by atoms with Gasteiger partial charge in [-0.3, -0.25) is 4.68 Å². The van der Waals surface area contributed by atoms with Crippen molar-refractivity contribution >= 4 is 5.82 Å². The Morgan fingerprint density at radius 1 is 1.56 bits per heavy atom. The Bertz CT molecular complexity index is 441. The molecule has 0 amide bonds. The van der Waals surface area contributed by atoms with E-state index in [0.717, 1.165) is 43.9 Å². The van der Waals surface area contributed by atoms with E-state index in [0.29, 0.717) is 5.56 Å². The molecule has 2 heterocycles. The fourth-order valence-electron chi connectivity index (χ4n) is 2.33. The Kier molecular flexibility index (Phi) is 4.21. The first-order chi connectivity index (χ1) is 8.76. The monoisotopic (exact) mass is 248 g/mol. The van der Waals surface area contributed by atoms with Crippen molar-refractivity contribution in [3.05, 3.63) is 11.3 Å². The summed E-state index contributed by atoms with van der Waals surface area (Å²) in [7, 11) is 1.87. The van der Waals surface area contributed by atoms with E-state index in [-0.39, 0.29) is 6.10 Å². The smallest absolute Gasteiger partial charge is 0.142 e. The van der Waals surface area contributed by atoms with Crippen LogP contribution in [0.25, 0.3) is 0 Å². The molecule has 1 aromatic heterocycles. The maximum atomic E-state index is 9.21. The second-order valence-corrected chi connectivity index (χ2v) is 4.63. The first-order valence-corrected chi connectivity index (χ1v) is 6.57. The second-order valence-electron chi connectivity index (χ2n) is 4.63. The third-order valence-electron chi connectivity index (χ3n) is 3.34. The lowest BCUT2D eigenvalue weighted by Crippen LogP contribution is -2.27. The van der Waals surface area contributed by atoms with Crippen molar-refractivity contribution in [1.82, 2.24) is 9.78 Å². The molecule has 1 unspecified atom stereocenters. The van der Waals surface area contributed by atoms with E-state index in [1.54, 1.807) is 4.68 Å². The zero-order valence-electron chi connectivity index (χ0n) is 11.1. The third-order valence-corrected chi connectivity index (χ3v) is 3.34. The van der Waals surface area contributed by atoms with E-state index in [9.17, 15) is 5.26 Å². The van der Waals surface area contributed by atoms with Crippen molar-refractivity contribution in [2.75, 3.05) is 18.5 Å². The molecule has 0 aliphatic carbocycles. The quantitative estimate of drug-likeness (QED) is 0.883. The lowest BCUT2D eigenvalue weighted by Gasteiger charge is -2.23. The molecule has 5 heteroatoms. The summed E-state index contributed by atoms with van der Waals surface area (Å²) >= 11 is 0. The SMILES string of the molecule is CCc1nn(C)c(NCC2CCCCO2)c1C#N. The average Bonchev–Trinajstić information content (AvgIpc) is 2.73. The van der Waals surface area contributed by atoms with Gasteiger partial charge >= 0.3 is 0 Å². The van der Waals surface area contributed by atoms with E-state index >= 15 is 0 Å². The van der Waals surface area contributed by atoms with Crippen molar-refractivity contribution in [2.24, 2.45) is 7.05 Å². The van der Waals surface area contributed by atoms with E-state index in [4.69, 9.17) is 4.74 Å². The molecule has 2 rings (SSSR count). The minimum absolute atomic E-state index is 0.255. The molecule has 0 radical (unpaired) electrons. The van der Waals surface area contributed by atoms with Gasteiger partial charge in [-0.05, 0) is 25.7 Å². The molecule has 1 saturated heterocycles. The van der Waals surface area contributed by atoms with Gasteiger partial charge in [-0.25, -0.2) is 0 Å². The van der Waals surface area contributed by atoms with Crippen LogP contribution in [0.2, 0.25) is 0 Å². The van der Waals surface area contributed by atoms with Crippen LogP contribution in [-0.2, 0) is 18.2 Å². The lowest BCUT2D eigenvalue weighted by molar-refractivity contribution is 0.0247. The van der Waals surface area contributed by atoms with Crippen LogP contribution >= 0.6 is 0 Å². The summed E-state index contributed by atoms with van der Waals surface area (Å²) in [5.74, 6) is 0.809. The van der Waals surface area contributed by atoms with Crippen LogP contribution in [0.5, 0.6) is 0 Å². The van der Waals surface area contributed by atoms with Gasteiger partial charge in [0.1, 0.15) is 17.5 Å². The van der Waals surface area contributed by atoms with Crippen LogP contribution in [0.4, 0.5) is 5.82 Å². The van der Waals surface area contributed by atoms with Gasteiger partial charge in [-0.1, -0.05) is 6.92 Å². The number of hydrogen-bond acceptors (Lipinski definition) is 4. The summed E-state index contributed by atoms with van der Waals surface area (Å²) in [6, 6.07) is 2.24. The zero-order valence-corrected chi connectivity index (χ0v) is 11.1. The summed E-state index contributed by atoms with van der Waals surface area (Å²) in [6.45, 7) is 3.61. The Labute approximate surface area is 108 Å². The number of anilines is 1. The van der Waals surface area contributed by atoms with Crippen molar-refractivity contribution in [3.8, 4) is 6.07 Å². The van der Waals surface area contributed by atoms with E-state index in [1.807, 2.05) is 14.0 Å². The molecular weight excluding hydrogens is 228 g/mol. The zero-order chi connectivity index (χ0) is 13.0. The highest BCUT2D eigenvalue weighted by Gasteiger charge is 2.18. The maximum absolute atomic E-state index is 9.21. The van der Waals surface area contributed by atoms with Crippen LogP contribution < -0.4 is 5.32 Å². The van der Waals surface area contributed by atoms with E-state index in [2.05, 4.69) is 16.5 Å². The molecule has 5 nitrogen and oxygen atoms in total. The van der Waals surface area contributed by atoms with E-state index < -0.39 is 0 Å². The van der Waals surface area contributed by atoms with Crippen LogP contribution in [0.3, 0.4) is 0 Å². The second kappa shape index (κ2) is 5.87. The molecule has 1 N–H and O–H groups in total. The maximum Gasteiger partial charge on any atom is 0.142 e. The van der Waals surface area contributed by atoms with Gasteiger partial charge in [0, 0.05) is 20.2 Å². The molecule has 18 heavy (non-hydrogen) atoms. The van der Waals surface area contributed by atoms with Crippen molar-refractivity contribution in [1.29, 1.82) is 5.26 Å². The minimum Gasteiger partial charge on any atom is -0.376 e. The standard InChI is InChI=1S/C13H20N4O/c1-3-12-11(8-14)13(17(2)16-12)15-9-10-6-4-5-7-18-10/h10,15H,3-7,9H2,1-2H3. The first-order valence-electron chi connectivity index (χ1n) is 6.57. The molecule has 0 bridgehead atoms. The number of nitrogens with zero attached hydrogens (tertiary/aromatic N) is 3. The number of rotatable bonds is 4. The lowest BCUT2D eigenvalue weighted by atomic mass is 10.1. The Morgan fingerprint density at radius 2 is 2.39 bits per heavy atom. The van der Waals surface area contributed by atoms with Gasteiger partial charge in [0.25, 0.3) is 0 Å². The summed E-state index contributed by atoms with van der Waals surface area (Å²) in [6.07, 6.45) is 4.51. The fraction of sp³-hybridized carbons (Fsp3) is 0.692. The van der Waals surface area contributed by atoms with E-state index in [1.165, 1.54) is 6.42 Å². The van der Waals surface area contributed by atoms with Gasteiger partial charge in [-0.2, -0.15) is 10.4 Å². The first kappa shape index (κ1) is 12.9. The largest absolute Gasteiger partial charge is 0.376 e. The number of nitriles is 1. The van der Waals surface area contributed by atoms with Crippen LogP contribution in [0.15, 0.2) is 0 Å². The molecular formula is C13H20N4O. The number of ether oxygens (including phenoxy) is 1. The molecule has 1 fully saturated rings. The number of aryl methyl sites for hydroxylation is 2. The van der Waals surface area contributed by atoms with Gasteiger partial charge < -0.3 is 10.1 Å². The Morgan fingerprint density at radius 3 is 3.00 bits per heavy atom. The Balaban J connectivity index is 2.04. The summed E-state index contributed by atoms with van der Waals surface area (Å²) < 4.78 is 7.42. The normalized spacial score (nSPS) is 19.5. The summed E-state index contributed by atoms with van der Waals surface area (Å²) in [5.41, 5.74) is 1.52. The highest BCUT2D eigenvalue weighted by Crippen LogP contribution is 2.20. The van der Waals surface area contributed by atoms with Gasteiger partial charge in [0.15, 0.2) is 0 Å². The number of nitrogens with one attached hydrogen (secondary N) is 1. The molecule has 1 aliphatic heterocycles. The molecule has 0 spiro atoms. The highest BCUT2D eigenvalue weighted by molar-refractivity contribution is 5.55. The average molecular weight is 248 g/mol. The third kappa shape index (κ3) is 2.65. The summed E-state index contributed by atoms with van der Waals surface area (Å²) in [5, 5.41) is 16.9. The summed E-state index contributed by atoms with van der Waals surface area (Å²) in [4.78, 5) is 0.